The first kappa shape index (κ1) is 57.9. The Morgan fingerprint density at radius 3 is 0.630 bits per heavy atom. The zero-order valence-corrected chi connectivity index (χ0v) is 48.1. The summed E-state index contributed by atoms with van der Waals surface area (Å²) in [6.07, 6.45) is 6.39. The summed E-state index contributed by atoms with van der Waals surface area (Å²) in [5.41, 5.74) is 32.1. The first-order valence-corrected chi connectivity index (χ1v) is 29.0. The second-order valence-corrected chi connectivity index (χ2v) is 17.4. The lowest BCUT2D eigenvalue weighted by Crippen LogP contribution is -2.65. The maximum atomic E-state index is 2.64. The highest BCUT2D eigenvalue weighted by Gasteiger charge is 2.41. The van der Waals surface area contributed by atoms with Crippen LogP contribution in [0.5, 0.6) is 0 Å². The lowest BCUT2D eigenvalue weighted by molar-refractivity contribution is 1.12. The Morgan fingerprint density at radius 2 is 0.384 bits per heavy atom. The van der Waals surface area contributed by atoms with Crippen LogP contribution in [-0.2, 0) is 38.5 Å². The third-order valence-corrected chi connectivity index (χ3v) is 14.5. The molecule has 0 unspecified atom stereocenters. The van der Waals surface area contributed by atoms with Gasteiger partial charge in [-0.25, -0.2) is 0 Å². The van der Waals surface area contributed by atoms with Crippen LogP contribution in [0.2, 0.25) is 0 Å². The molecule has 0 saturated heterocycles. The lowest BCUT2D eigenvalue weighted by Gasteiger charge is -2.38. The zero-order chi connectivity index (χ0) is 53.2. The van der Waals surface area contributed by atoms with Crippen molar-refractivity contribution in [3.05, 3.63) is 231 Å². The average Bonchev–Trinajstić information content (AvgIpc) is 3.49. The molecule has 14 rings (SSSR count). The van der Waals surface area contributed by atoms with E-state index in [0.717, 1.165) is 38.5 Å². The highest BCUT2D eigenvalue weighted by atomic mass is 14.3. The molecule has 0 radical (unpaired) electrons. The highest BCUT2D eigenvalue weighted by molar-refractivity contribution is 7.00. The maximum absolute atomic E-state index is 2.64. The van der Waals surface area contributed by atoms with Crippen molar-refractivity contribution in [3.63, 3.8) is 0 Å². The fourth-order valence-electron chi connectivity index (χ4n) is 12.2. The van der Waals surface area contributed by atoms with Crippen molar-refractivity contribution in [1.82, 2.24) is 0 Å². The van der Waals surface area contributed by atoms with Crippen molar-refractivity contribution >= 4 is 69.3 Å². The Morgan fingerprint density at radius 1 is 0.192 bits per heavy atom. The Balaban J connectivity index is 0.000000229. The highest BCUT2D eigenvalue weighted by Crippen LogP contribution is 2.27. The van der Waals surface area contributed by atoms with Gasteiger partial charge < -0.3 is 0 Å². The molecule has 0 aromatic heterocycles. The van der Waals surface area contributed by atoms with Gasteiger partial charge >= 0.3 is 0 Å². The molecule has 0 fully saturated rings. The van der Waals surface area contributed by atoms with Crippen LogP contribution in [0.15, 0.2) is 164 Å². The lowest BCUT2D eigenvalue weighted by atomic mass is 9.27. The molecule has 0 amide bonds. The summed E-state index contributed by atoms with van der Waals surface area (Å²) in [6, 6.07) is 62.4. The van der Waals surface area contributed by atoms with Gasteiger partial charge in [0.1, 0.15) is 0 Å². The predicted molar refractivity (Wildman–Crippen MR) is 333 cm³/mol. The van der Waals surface area contributed by atoms with E-state index in [1.54, 1.807) is 27.3 Å². The molecule has 6 aliphatic rings. The number of hydrogen-bond acceptors (Lipinski definition) is 0. The summed E-state index contributed by atoms with van der Waals surface area (Å²) < 4.78 is 0. The van der Waals surface area contributed by atoms with E-state index in [-0.39, 0.29) is 0 Å². The second-order valence-electron chi connectivity index (χ2n) is 17.4. The molecule has 0 N–H and O–H groups in total. The fourth-order valence-corrected chi connectivity index (χ4v) is 12.2. The summed E-state index contributed by atoms with van der Waals surface area (Å²) in [4.78, 5) is 0. The van der Waals surface area contributed by atoms with E-state index in [1.807, 2.05) is 111 Å². The van der Waals surface area contributed by atoms with Crippen LogP contribution in [0.4, 0.5) is 0 Å². The van der Waals surface area contributed by atoms with Crippen molar-refractivity contribution in [2.24, 2.45) is 0 Å². The van der Waals surface area contributed by atoms with E-state index < -0.39 is 0 Å². The van der Waals surface area contributed by atoms with Gasteiger partial charge in [0, 0.05) is 0 Å². The molecular formula is C70H87B3. The molecule has 0 bridgehead atoms. The summed E-state index contributed by atoms with van der Waals surface area (Å²) >= 11 is 0. The maximum Gasteiger partial charge on any atom is 0.242 e. The van der Waals surface area contributed by atoms with Crippen LogP contribution < -0.4 is 49.2 Å². The predicted octanol–water partition coefficient (Wildman–Crippen LogP) is 12.6. The van der Waals surface area contributed by atoms with Crippen LogP contribution >= 0.6 is 0 Å². The van der Waals surface area contributed by atoms with Crippen molar-refractivity contribution in [3.8, 4) is 0 Å². The summed E-state index contributed by atoms with van der Waals surface area (Å²) in [6.45, 7) is 33.1. The summed E-state index contributed by atoms with van der Waals surface area (Å²) in [5.74, 6) is 0. The minimum Gasteiger partial charge on any atom is -0.0711 e. The number of hydrogen-bond donors (Lipinski definition) is 0. The zero-order valence-electron chi connectivity index (χ0n) is 48.1. The van der Waals surface area contributed by atoms with Gasteiger partial charge in [-0.3, -0.25) is 0 Å². The Hall–Kier alpha value is -6.05. The van der Waals surface area contributed by atoms with Gasteiger partial charge in [-0.2, -0.15) is 0 Å². The molecule has 0 atom stereocenters. The standard InChI is InChI=1S/C34H24B2.C20H15B.8C2H6/c1-3-13-29-21(7-1)15-23-9-5-11-25-17-27-19-28-18-26-12-6-10-24-16-22-8-2-4-14-30(22)36(34(24)26)32(28)20-31(27)35(29)33(23)25;1-3-10-18-14(6-1)12-16-8-5-9-17-13-15-7-2-4-11-19(15)21(18)20(16)17;8*1-2/h1-14,19-20H,15-18H2;1-11H,12-13H2;8*1-2H3. The van der Waals surface area contributed by atoms with Gasteiger partial charge in [0.15, 0.2) is 0 Å². The molecular weight excluding hydrogens is 873 g/mol. The van der Waals surface area contributed by atoms with E-state index in [2.05, 4.69) is 164 Å². The third-order valence-electron chi connectivity index (χ3n) is 14.5. The van der Waals surface area contributed by atoms with E-state index >= 15 is 0 Å². The minimum atomic E-state index is 0.352. The molecule has 8 aromatic rings. The topological polar surface area (TPSA) is 0 Å². The molecule has 8 aromatic carbocycles. The van der Waals surface area contributed by atoms with Gasteiger partial charge in [-0.1, -0.05) is 324 Å². The van der Waals surface area contributed by atoms with Gasteiger partial charge in [-0.05, 0) is 105 Å². The first-order chi connectivity index (χ1) is 36.2. The minimum absolute atomic E-state index is 0.352. The average molecular weight is 961 g/mol. The molecule has 0 aliphatic carbocycles. The molecule has 6 heterocycles. The molecule has 376 valence electrons. The van der Waals surface area contributed by atoms with Gasteiger partial charge in [0.05, 0.1) is 0 Å². The SMILES string of the molecule is CC.CC.CC.CC.CC.CC.CC.CC.c1ccc2c(c1)Cc1cccc3c1B2c1cc2c(cc1C3)Cc1cccc3c1B2c1ccccc1C3.c1ccc2c(c1)Cc1cccc3c1B2c1ccccc1C3. The molecule has 3 heteroatoms. The molecule has 0 saturated carbocycles. The van der Waals surface area contributed by atoms with Crippen LogP contribution in [0.25, 0.3) is 0 Å². The monoisotopic (exact) mass is 961 g/mol. The Labute approximate surface area is 446 Å². The van der Waals surface area contributed by atoms with Gasteiger partial charge in [0.2, 0.25) is 20.1 Å². The van der Waals surface area contributed by atoms with Crippen LogP contribution in [0.3, 0.4) is 0 Å². The first-order valence-electron chi connectivity index (χ1n) is 29.0. The fraction of sp³-hybridized carbons (Fsp3) is 0.314. The Bertz CT molecular complexity index is 2820. The van der Waals surface area contributed by atoms with Crippen molar-refractivity contribution in [2.45, 2.75) is 149 Å². The largest absolute Gasteiger partial charge is 0.242 e. The normalized spacial score (nSPS) is 12.2. The second kappa shape index (κ2) is 28.4. The van der Waals surface area contributed by atoms with Gasteiger partial charge in [0.25, 0.3) is 0 Å². The molecule has 6 aliphatic heterocycles. The van der Waals surface area contributed by atoms with Gasteiger partial charge in [-0.15, -0.1) is 0 Å². The molecule has 0 spiro atoms. The Kier molecular flexibility index (Phi) is 22.5. The van der Waals surface area contributed by atoms with Crippen LogP contribution in [-0.4, -0.2) is 20.1 Å². The van der Waals surface area contributed by atoms with E-state index in [4.69, 9.17) is 0 Å². The van der Waals surface area contributed by atoms with Crippen LogP contribution in [0, 0.1) is 0 Å². The van der Waals surface area contributed by atoms with Crippen LogP contribution in [0.1, 0.15) is 178 Å². The smallest absolute Gasteiger partial charge is 0.0711 e. The van der Waals surface area contributed by atoms with E-state index in [9.17, 15) is 0 Å². The van der Waals surface area contributed by atoms with E-state index in [1.165, 1.54) is 88.6 Å². The molecule has 0 nitrogen and oxygen atoms in total. The third kappa shape index (κ3) is 11.1. The van der Waals surface area contributed by atoms with Crippen molar-refractivity contribution in [1.29, 1.82) is 0 Å². The quantitative estimate of drug-likeness (QED) is 0.133. The number of fused-ring (bicyclic) bond motifs is 12. The molecule has 73 heavy (non-hydrogen) atoms. The van der Waals surface area contributed by atoms with Crippen molar-refractivity contribution in [2.75, 3.05) is 0 Å². The van der Waals surface area contributed by atoms with Crippen molar-refractivity contribution < 1.29 is 0 Å². The summed E-state index contributed by atoms with van der Waals surface area (Å²) in [7, 11) is 0. The summed E-state index contributed by atoms with van der Waals surface area (Å²) in [5, 5.41) is 0. The number of rotatable bonds is 0. The van der Waals surface area contributed by atoms with E-state index in [0.29, 0.717) is 20.1 Å². The number of benzene rings is 8.